The van der Waals surface area contributed by atoms with Gasteiger partial charge in [0, 0.05) is 24.3 Å². The second kappa shape index (κ2) is 4.19. The average Bonchev–Trinajstić information content (AvgIpc) is 2.31. The van der Waals surface area contributed by atoms with Crippen molar-refractivity contribution in [2.45, 2.75) is 18.4 Å². The van der Waals surface area contributed by atoms with Crippen molar-refractivity contribution in [1.29, 1.82) is 0 Å². The molecule has 1 aromatic carbocycles. The molecule has 1 aliphatic heterocycles. The third-order valence-corrected chi connectivity index (χ3v) is 3.15. The fourth-order valence-electron chi connectivity index (χ4n) is 1.98. The Hall–Kier alpha value is -1.09. The van der Waals surface area contributed by atoms with Crippen LogP contribution in [-0.4, -0.2) is 25.3 Å². The lowest BCUT2D eigenvalue weighted by Crippen LogP contribution is -2.52. The van der Waals surface area contributed by atoms with E-state index >= 15 is 0 Å². The highest BCUT2D eigenvalue weighted by atomic mass is 19.1. The van der Waals surface area contributed by atoms with E-state index in [0.29, 0.717) is 0 Å². The molecule has 1 fully saturated rings. The van der Waals surface area contributed by atoms with Gasteiger partial charge in [0.2, 0.25) is 0 Å². The highest BCUT2D eigenvalue weighted by molar-refractivity contribution is 5.46. The number of halogens is 1. The van der Waals surface area contributed by atoms with Crippen LogP contribution in [0, 0.1) is 0 Å². The van der Waals surface area contributed by atoms with E-state index in [0.717, 1.165) is 25.9 Å². The summed E-state index contributed by atoms with van der Waals surface area (Å²) in [5.74, 6) is 0. The van der Waals surface area contributed by atoms with E-state index in [2.05, 4.69) is 17.0 Å². The number of nitrogens with zero attached hydrogens (tertiary/aromatic N) is 1. The quantitative estimate of drug-likeness (QED) is 0.805. The van der Waals surface area contributed by atoms with Crippen molar-refractivity contribution in [2.24, 2.45) is 5.73 Å². The van der Waals surface area contributed by atoms with Crippen LogP contribution in [0.15, 0.2) is 30.3 Å². The number of anilines is 1. The number of rotatable bonds is 2. The number of para-hydroxylation sites is 1. The van der Waals surface area contributed by atoms with Gasteiger partial charge in [-0.1, -0.05) is 18.2 Å². The van der Waals surface area contributed by atoms with Gasteiger partial charge in [0.05, 0.1) is 0 Å². The van der Waals surface area contributed by atoms with Gasteiger partial charge in [-0.05, 0) is 25.0 Å². The van der Waals surface area contributed by atoms with E-state index in [1.165, 1.54) is 5.69 Å². The molecule has 1 aromatic rings. The fraction of sp³-hybridized carbons (Fsp3) is 0.500. The summed E-state index contributed by atoms with van der Waals surface area (Å²) in [6.45, 7) is 1.30. The van der Waals surface area contributed by atoms with E-state index in [1.54, 1.807) is 0 Å². The molecule has 2 nitrogen and oxygen atoms in total. The first-order chi connectivity index (χ1) is 7.23. The van der Waals surface area contributed by atoms with E-state index in [-0.39, 0.29) is 0 Å². The van der Waals surface area contributed by atoms with E-state index in [9.17, 15) is 4.39 Å². The molecule has 0 aromatic heterocycles. The standard InChI is InChI=1S/C12H17FN2/c13-10-12(14)6-8-15(9-7-12)11-4-2-1-3-5-11/h1-5H,6-10,14H2. The number of alkyl halides is 1. The molecule has 1 heterocycles. The Bertz CT molecular complexity index is 305. The lowest BCUT2D eigenvalue weighted by atomic mass is 9.90. The monoisotopic (exact) mass is 208 g/mol. The third-order valence-electron chi connectivity index (χ3n) is 3.15. The molecule has 0 bridgehead atoms. The maximum absolute atomic E-state index is 12.6. The lowest BCUT2D eigenvalue weighted by molar-refractivity contribution is 0.255. The van der Waals surface area contributed by atoms with Crippen molar-refractivity contribution < 1.29 is 4.39 Å². The zero-order valence-corrected chi connectivity index (χ0v) is 8.82. The summed E-state index contributed by atoms with van der Waals surface area (Å²) in [5.41, 5.74) is 6.53. The number of benzene rings is 1. The summed E-state index contributed by atoms with van der Waals surface area (Å²) in [7, 11) is 0. The molecule has 1 aliphatic rings. The van der Waals surface area contributed by atoms with Crippen molar-refractivity contribution in [3.05, 3.63) is 30.3 Å². The Morgan fingerprint density at radius 1 is 1.20 bits per heavy atom. The van der Waals surface area contributed by atoms with Crippen molar-refractivity contribution in [1.82, 2.24) is 0 Å². The van der Waals surface area contributed by atoms with Crippen molar-refractivity contribution in [3.8, 4) is 0 Å². The van der Waals surface area contributed by atoms with Crippen LogP contribution in [0.4, 0.5) is 10.1 Å². The molecule has 0 amide bonds. The molecule has 2 N–H and O–H groups in total. The summed E-state index contributed by atoms with van der Waals surface area (Å²) in [4.78, 5) is 2.26. The van der Waals surface area contributed by atoms with E-state index < -0.39 is 12.2 Å². The molecular weight excluding hydrogens is 191 g/mol. The first-order valence-corrected chi connectivity index (χ1v) is 5.38. The van der Waals surface area contributed by atoms with Crippen molar-refractivity contribution in [3.63, 3.8) is 0 Å². The van der Waals surface area contributed by atoms with Crippen molar-refractivity contribution in [2.75, 3.05) is 24.7 Å². The second-order valence-corrected chi connectivity index (χ2v) is 4.32. The first-order valence-electron chi connectivity index (χ1n) is 5.38. The molecule has 0 spiro atoms. The van der Waals surface area contributed by atoms with Gasteiger partial charge in [-0.3, -0.25) is 0 Å². The third kappa shape index (κ3) is 2.29. The number of nitrogens with two attached hydrogens (primary N) is 1. The molecule has 3 heteroatoms. The van der Waals surface area contributed by atoms with Gasteiger partial charge in [-0.25, -0.2) is 4.39 Å². The minimum Gasteiger partial charge on any atom is -0.371 e. The minimum absolute atomic E-state index is 0.407. The van der Waals surface area contributed by atoms with E-state index in [1.807, 2.05) is 18.2 Å². The fourth-order valence-corrected chi connectivity index (χ4v) is 1.98. The normalized spacial score (nSPS) is 20.3. The van der Waals surface area contributed by atoms with Crippen LogP contribution in [0.25, 0.3) is 0 Å². The molecule has 1 saturated heterocycles. The smallest absolute Gasteiger partial charge is 0.107 e. The van der Waals surface area contributed by atoms with Gasteiger partial charge < -0.3 is 10.6 Å². The Labute approximate surface area is 89.9 Å². The van der Waals surface area contributed by atoms with Crippen LogP contribution in [0.1, 0.15) is 12.8 Å². The van der Waals surface area contributed by atoms with Crippen LogP contribution >= 0.6 is 0 Å². The Morgan fingerprint density at radius 3 is 2.33 bits per heavy atom. The zero-order chi connectivity index (χ0) is 10.7. The number of hydrogen-bond acceptors (Lipinski definition) is 2. The molecular formula is C12H17FN2. The SMILES string of the molecule is NC1(CF)CCN(c2ccccc2)CC1. The van der Waals surface area contributed by atoms with Gasteiger partial charge in [0.25, 0.3) is 0 Å². The highest BCUT2D eigenvalue weighted by Gasteiger charge is 2.30. The molecule has 2 rings (SSSR count). The summed E-state index contributed by atoms with van der Waals surface area (Å²) in [6.07, 6.45) is 1.47. The predicted octanol–water partition coefficient (Wildman–Crippen LogP) is 1.95. The maximum Gasteiger partial charge on any atom is 0.107 e. The van der Waals surface area contributed by atoms with Crippen molar-refractivity contribution >= 4 is 5.69 Å². The summed E-state index contributed by atoms with van der Waals surface area (Å²) in [6, 6.07) is 10.2. The van der Waals surface area contributed by atoms with Gasteiger partial charge >= 0.3 is 0 Å². The summed E-state index contributed by atoms with van der Waals surface area (Å²) >= 11 is 0. The van der Waals surface area contributed by atoms with Crippen LogP contribution in [0.5, 0.6) is 0 Å². The topological polar surface area (TPSA) is 29.3 Å². The van der Waals surface area contributed by atoms with Gasteiger partial charge in [0.15, 0.2) is 0 Å². The second-order valence-electron chi connectivity index (χ2n) is 4.32. The predicted molar refractivity (Wildman–Crippen MR) is 60.8 cm³/mol. The zero-order valence-electron chi connectivity index (χ0n) is 8.82. The van der Waals surface area contributed by atoms with Crippen LogP contribution in [0.2, 0.25) is 0 Å². The molecule has 0 unspecified atom stereocenters. The summed E-state index contributed by atoms with van der Waals surface area (Å²) in [5, 5.41) is 0. The Kier molecular flexibility index (Phi) is 2.91. The van der Waals surface area contributed by atoms with Crippen LogP contribution < -0.4 is 10.6 Å². The lowest BCUT2D eigenvalue weighted by Gasteiger charge is -2.38. The maximum atomic E-state index is 12.6. The molecule has 0 aliphatic carbocycles. The molecule has 0 atom stereocenters. The van der Waals surface area contributed by atoms with Gasteiger partial charge in [-0.15, -0.1) is 0 Å². The molecule has 15 heavy (non-hydrogen) atoms. The first kappa shape index (κ1) is 10.4. The molecule has 0 radical (unpaired) electrons. The Morgan fingerprint density at radius 2 is 1.80 bits per heavy atom. The average molecular weight is 208 g/mol. The van der Waals surface area contributed by atoms with Gasteiger partial charge in [-0.2, -0.15) is 0 Å². The highest BCUT2D eigenvalue weighted by Crippen LogP contribution is 2.24. The molecule has 82 valence electrons. The van der Waals surface area contributed by atoms with Crippen LogP contribution in [-0.2, 0) is 0 Å². The Balaban J connectivity index is 2.00. The largest absolute Gasteiger partial charge is 0.371 e. The minimum atomic E-state index is -0.578. The van der Waals surface area contributed by atoms with Crippen LogP contribution in [0.3, 0.4) is 0 Å². The molecule has 0 saturated carbocycles. The summed E-state index contributed by atoms with van der Waals surface area (Å²) < 4.78 is 12.6. The number of piperidine rings is 1. The van der Waals surface area contributed by atoms with E-state index in [4.69, 9.17) is 5.73 Å². The number of hydrogen-bond donors (Lipinski definition) is 1. The van der Waals surface area contributed by atoms with Gasteiger partial charge in [0.1, 0.15) is 6.67 Å².